The Morgan fingerprint density at radius 2 is 1.18 bits per heavy atom. The first-order chi connectivity index (χ1) is 34.2. The lowest BCUT2D eigenvalue weighted by Gasteiger charge is -2.36. The van der Waals surface area contributed by atoms with E-state index in [2.05, 4.69) is 24.8 Å². The minimum absolute atomic E-state index is 0.0235. The van der Waals surface area contributed by atoms with E-state index in [-0.39, 0.29) is 36.0 Å². The van der Waals surface area contributed by atoms with Crippen molar-refractivity contribution in [3.05, 3.63) is 99.7 Å². The van der Waals surface area contributed by atoms with Gasteiger partial charge in [-0.1, -0.05) is 40.1 Å². The van der Waals surface area contributed by atoms with Crippen molar-refractivity contribution in [2.75, 3.05) is 43.6 Å². The van der Waals surface area contributed by atoms with E-state index in [9.17, 15) is 26.4 Å². The minimum Gasteiger partial charge on any atom is -0.361 e. The predicted octanol–water partition coefficient (Wildman–Crippen LogP) is 8.59. The summed E-state index contributed by atoms with van der Waals surface area (Å²) in [6.07, 6.45) is 7.94. The average Bonchev–Trinajstić information content (AvgIpc) is 4.20. The number of aryl methyl sites for hydroxylation is 5. The largest absolute Gasteiger partial charge is 0.361 e. The highest BCUT2D eigenvalue weighted by atomic mass is 35.5. The summed E-state index contributed by atoms with van der Waals surface area (Å²) in [5.74, 6) is 3.09. The molecule has 72 heavy (non-hydrogen) atoms. The monoisotopic (exact) mass is 1040 g/mol. The van der Waals surface area contributed by atoms with E-state index in [1.54, 1.807) is 0 Å². The van der Waals surface area contributed by atoms with Gasteiger partial charge in [0.05, 0.1) is 70.1 Å². The summed E-state index contributed by atoms with van der Waals surface area (Å²) in [4.78, 5) is 37.5. The Labute approximate surface area is 423 Å². The molecule has 4 aliphatic rings. The molecule has 0 aliphatic carbocycles. The van der Waals surface area contributed by atoms with E-state index in [4.69, 9.17) is 30.6 Å². The fourth-order valence-corrected chi connectivity index (χ4v) is 13.1. The van der Waals surface area contributed by atoms with Crippen LogP contribution in [0.4, 0.5) is 5.69 Å². The maximum absolute atomic E-state index is 13.4. The molecule has 4 saturated heterocycles. The molecule has 0 bridgehead atoms. The van der Waals surface area contributed by atoms with Crippen LogP contribution in [0.1, 0.15) is 116 Å². The quantitative estimate of drug-likeness (QED) is 0.144. The highest BCUT2D eigenvalue weighted by Crippen LogP contribution is 2.42. The number of halogens is 1. The first-order valence-corrected chi connectivity index (χ1v) is 28.5. The van der Waals surface area contributed by atoms with Crippen LogP contribution in [-0.2, 0) is 29.6 Å². The highest BCUT2D eigenvalue weighted by Gasteiger charge is 2.39. The molecular formula is C51H59ClN10O8S2. The molecule has 0 radical (unpaired) electrons. The zero-order chi connectivity index (χ0) is 51.0. The van der Waals surface area contributed by atoms with Crippen molar-refractivity contribution in [3.63, 3.8) is 0 Å². The van der Waals surface area contributed by atoms with Gasteiger partial charge in [-0.15, -0.1) is 0 Å². The number of imidazole rings is 2. The van der Waals surface area contributed by atoms with Crippen LogP contribution in [0, 0.1) is 34.6 Å². The summed E-state index contributed by atoms with van der Waals surface area (Å²) in [7, 11) is -6.59. The number of hydrogen-bond acceptors (Lipinski definition) is 12. The van der Waals surface area contributed by atoms with E-state index < -0.39 is 20.0 Å². The maximum Gasteiger partial charge on any atom is 0.227 e. The predicted molar refractivity (Wildman–Crippen MR) is 275 cm³/mol. The van der Waals surface area contributed by atoms with Crippen LogP contribution >= 0.6 is 11.6 Å². The van der Waals surface area contributed by atoms with Crippen LogP contribution in [0.3, 0.4) is 0 Å². The Hall–Kier alpha value is -5.93. The molecule has 0 saturated carbocycles. The molecule has 18 nitrogen and oxygen atoms in total. The first-order valence-electron chi connectivity index (χ1n) is 24.4. The van der Waals surface area contributed by atoms with Crippen molar-refractivity contribution >= 4 is 71.2 Å². The second kappa shape index (κ2) is 19.2. The third-order valence-corrected chi connectivity index (χ3v) is 17.7. The smallest absolute Gasteiger partial charge is 0.227 e. The van der Waals surface area contributed by atoms with Gasteiger partial charge in [-0.2, -0.15) is 0 Å². The van der Waals surface area contributed by atoms with E-state index in [0.717, 1.165) is 116 Å². The molecule has 21 heteroatoms. The summed E-state index contributed by atoms with van der Waals surface area (Å²) in [6, 6.07) is 17.2. The van der Waals surface area contributed by atoms with Crippen molar-refractivity contribution in [1.82, 2.24) is 43.3 Å². The second-order valence-corrected chi connectivity index (χ2v) is 24.1. The third kappa shape index (κ3) is 9.35. The second-order valence-electron chi connectivity index (χ2n) is 19.7. The van der Waals surface area contributed by atoms with E-state index in [0.29, 0.717) is 56.9 Å². The van der Waals surface area contributed by atoms with Gasteiger partial charge in [0.2, 0.25) is 31.9 Å². The number of amides is 2. The number of hydrogen-bond donors (Lipinski definition) is 1. The van der Waals surface area contributed by atoms with Gasteiger partial charge in [0.1, 0.15) is 23.2 Å². The highest BCUT2D eigenvalue weighted by molar-refractivity contribution is 7.88. The number of carbonyl (C=O) groups excluding carboxylic acids is 2. The number of carbonyl (C=O) groups is 2. The zero-order valence-corrected chi connectivity index (χ0v) is 43.9. The van der Waals surface area contributed by atoms with Crippen molar-refractivity contribution in [2.24, 2.45) is 0 Å². The SMILES string of the molecule is Cc1ccc(N2C(=O)CCC[C@H]2c2nc3cc(-c4c(C)noc4C)ccc3n2[C@@H]2CCN(S(C)(=O)=O)C2)cc1Cl.Cc1noc(C)c1-c1ccc2c(c1)nc([C@@H]1CCCC(=O)N1)n2[C@@H]1CCN(S(C)(=O)=O)C1. The minimum atomic E-state index is -3.33. The van der Waals surface area contributed by atoms with Gasteiger partial charge in [0.15, 0.2) is 0 Å². The Bertz CT molecular complexity index is 3470. The molecule has 380 valence electrons. The van der Waals surface area contributed by atoms with Crippen molar-refractivity contribution in [1.29, 1.82) is 0 Å². The van der Waals surface area contributed by atoms with E-state index in [1.165, 1.54) is 21.1 Å². The molecule has 1 N–H and O–H groups in total. The summed E-state index contributed by atoms with van der Waals surface area (Å²) < 4.78 is 67.1. The normalized spacial score (nSPS) is 21.5. The summed E-state index contributed by atoms with van der Waals surface area (Å²) in [5.41, 5.74) is 10.6. The van der Waals surface area contributed by atoms with Gasteiger partial charge < -0.3 is 28.4 Å². The number of nitrogens with one attached hydrogen (secondary N) is 1. The number of anilines is 1. The molecule has 0 spiro atoms. The average molecular weight is 1040 g/mol. The number of nitrogens with zero attached hydrogens (tertiary/aromatic N) is 9. The van der Waals surface area contributed by atoms with Crippen molar-refractivity contribution < 1.29 is 35.5 Å². The molecule has 3 aromatic carbocycles. The van der Waals surface area contributed by atoms with Crippen LogP contribution in [0.15, 0.2) is 63.6 Å². The summed E-state index contributed by atoms with van der Waals surface area (Å²) in [6.45, 7) is 11.2. The van der Waals surface area contributed by atoms with E-state index >= 15 is 0 Å². The fraction of sp³-hybridized carbons (Fsp3) is 0.451. The van der Waals surface area contributed by atoms with Gasteiger partial charge in [-0.25, -0.2) is 35.4 Å². The molecule has 11 rings (SSSR count). The molecule has 0 unspecified atom stereocenters. The molecule has 7 aromatic rings. The number of piperidine rings is 2. The lowest BCUT2D eigenvalue weighted by molar-refractivity contribution is -0.123. The molecule has 4 aromatic heterocycles. The van der Waals surface area contributed by atoms with Gasteiger partial charge in [0, 0.05) is 60.9 Å². The Kier molecular flexibility index (Phi) is 13.2. The van der Waals surface area contributed by atoms with Gasteiger partial charge >= 0.3 is 0 Å². The Balaban J connectivity index is 0.000000170. The number of rotatable bonds is 9. The first kappa shape index (κ1) is 49.6. The van der Waals surface area contributed by atoms with Crippen LogP contribution < -0.4 is 10.2 Å². The maximum atomic E-state index is 13.4. The molecule has 4 aliphatic heterocycles. The molecule has 4 fully saturated rings. The zero-order valence-electron chi connectivity index (χ0n) is 41.5. The topological polar surface area (TPSA) is 212 Å². The molecule has 4 atom stereocenters. The third-order valence-electron chi connectivity index (χ3n) is 14.7. The van der Waals surface area contributed by atoms with Crippen molar-refractivity contribution in [3.8, 4) is 22.3 Å². The van der Waals surface area contributed by atoms with Crippen LogP contribution in [0.5, 0.6) is 0 Å². The van der Waals surface area contributed by atoms with Gasteiger partial charge in [-0.3, -0.25) is 9.59 Å². The number of aromatic nitrogens is 6. The number of sulfonamides is 2. The lowest BCUT2D eigenvalue weighted by Crippen LogP contribution is -2.40. The molecular weight excluding hydrogens is 980 g/mol. The van der Waals surface area contributed by atoms with Gasteiger partial charge in [-0.05, 0) is 126 Å². The Morgan fingerprint density at radius 1 is 0.653 bits per heavy atom. The van der Waals surface area contributed by atoms with Gasteiger partial charge in [0.25, 0.3) is 0 Å². The van der Waals surface area contributed by atoms with Crippen LogP contribution in [0.25, 0.3) is 44.3 Å². The lowest BCUT2D eigenvalue weighted by atomic mass is 9.99. The number of fused-ring (bicyclic) bond motifs is 2. The fourth-order valence-electron chi connectivity index (χ4n) is 11.2. The van der Waals surface area contributed by atoms with E-state index in [1.807, 2.05) is 94.1 Å². The van der Waals surface area contributed by atoms with Crippen LogP contribution in [0.2, 0.25) is 5.02 Å². The number of benzene rings is 3. The standard InChI is InChI=1S/C29H32ClN5O4S.C22H27N5O4S/c1-17-8-10-21(15-23(17)30)34-26(6-5-7-27(34)36)29-31-24-14-20(28-18(2)32-39-19(28)3)9-11-25(24)35(29)22-12-13-33(16-22)40(4,37)38;1-13-21(14(2)31-25-13)15-7-8-19-18(11-15)24-22(17-5-4-6-20(28)23-17)27(19)16-9-10-26(12-16)32(3,29)30/h8-11,14-15,22,26H,5-7,12-13,16H2,1-4H3;7-8,11,16-17H,4-6,9-10,12H2,1-3H3,(H,23,28)/t22-,26+;16-,17+/m11/s1. The van der Waals surface area contributed by atoms with Crippen molar-refractivity contribution in [2.45, 2.75) is 110 Å². The molecule has 2 amide bonds. The molecule has 8 heterocycles. The Morgan fingerprint density at radius 3 is 1.67 bits per heavy atom. The summed E-state index contributed by atoms with van der Waals surface area (Å²) in [5, 5.41) is 11.9. The summed E-state index contributed by atoms with van der Waals surface area (Å²) >= 11 is 6.49. The van der Waals surface area contributed by atoms with Crippen LogP contribution in [-0.4, -0.2) is 105 Å².